The fourth-order valence-electron chi connectivity index (χ4n) is 4.67. The summed E-state index contributed by atoms with van der Waals surface area (Å²) in [4.78, 5) is 0. The van der Waals surface area contributed by atoms with Gasteiger partial charge in [-0.2, -0.15) is 0 Å². The molecule has 0 N–H and O–H groups in total. The molecule has 208 valence electrons. The summed E-state index contributed by atoms with van der Waals surface area (Å²) in [5, 5.41) is 0. The topological polar surface area (TPSA) is 87.6 Å². The average Bonchev–Trinajstić information content (AvgIpc) is 3.02. The van der Waals surface area contributed by atoms with Gasteiger partial charge < -0.3 is 0 Å². The number of hydrogen-bond acceptors (Lipinski definition) is 5. The van der Waals surface area contributed by atoms with Crippen molar-refractivity contribution in [2.45, 2.75) is 0 Å². The molecule has 0 aromatic heterocycles. The minimum atomic E-state index is -4.65. The first kappa shape index (κ1) is 28.0. The van der Waals surface area contributed by atoms with Crippen LogP contribution in [0.15, 0.2) is 163 Å². The van der Waals surface area contributed by atoms with E-state index < -0.39 is 24.0 Å². The Labute approximate surface area is 250 Å². The van der Waals surface area contributed by atoms with E-state index in [0.717, 1.165) is 33.4 Å². The number of halogens is 1. The van der Waals surface area contributed by atoms with E-state index in [4.69, 9.17) is 8.11 Å². The maximum absolute atomic E-state index is 11.9. The van der Waals surface area contributed by atoms with Crippen LogP contribution in [0.25, 0.3) is 16.0 Å². The summed E-state index contributed by atoms with van der Waals surface area (Å²) in [6.07, 6.45) is 9.84. The third-order valence-electron chi connectivity index (χ3n) is 6.52. The molecule has 0 saturated heterocycles. The van der Waals surface area contributed by atoms with Gasteiger partial charge in [-0.1, -0.05) is 0 Å². The monoisotopic (exact) mass is 640 g/mol. The summed E-state index contributed by atoms with van der Waals surface area (Å²) < 4.78 is 48.8. The molecular weight excluding hydrogens is 615 g/mol. The number of benzene rings is 4. The molecule has 0 aliphatic carbocycles. The zero-order valence-electron chi connectivity index (χ0n) is 22.3. The second-order valence-corrected chi connectivity index (χ2v) is 14.1. The molecule has 0 fully saturated rings. The van der Waals surface area contributed by atoms with Gasteiger partial charge in [0.2, 0.25) is 0 Å². The summed E-state index contributed by atoms with van der Waals surface area (Å²) in [7, 11) is -4.65. The molecule has 2 aliphatic heterocycles. The first-order chi connectivity index (χ1) is 20.4. The van der Waals surface area contributed by atoms with Crippen molar-refractivity contribution >= 4 is 34.2 Å². The van der Waals surface area contributed by atoms with Crippen LogP contribution in [0.4, 0.5) is 0 Å². The number of allylic oxidation sites excluding steroid dienone is 7. The molecular formula is C35H25ClO5Se. The second kappa shape index (κ2) is 12.4. The zero-order valence-corrected chi connectivity index (χ0v) is 24.7. The van der Waals surface area contributed by atoms with Crippen LogP contribution >= 0.6 is 0 Å². The van der Waals surface area contributed by atoms with Gasteiger partial charge in [-0.3, -0.25) is 0 Å². The van der Waals surface area contributed by atoms with E-state index >= 15 is 0 Å². The van der Waals surface area contributed by atoms with Crippen LogP contribution in [0.5, 0.6) is 0 Å². The Morgan fingerprint density at radius 1 is 0.548 bits per heavy atom. The fraction of sp³-hybridized carbons (Fsp3) is 0. The van der Waals surface area contributed by atoms with Crippen LogP contribution < -0.4 is 14.0 Å². The van der Waals surface area contributed by atoms with Crippen LogP contribution in [0.3, 0.4) is 0 Å². The van der Waals surface area contributed by atoms with E-state index in [1.807, 2.05) is 152 Å². The van der Waals surface area contributed by atoms with E-state index in [-0.39, 0.29) is 0 Å². The molecule has 5 nitrogen and oxygen atoms in total. The van der Waals surface area contributed by atoms with Gasteiger partial charge in [-0.15, -0.1) is 0 Å². The molecule has 1 unspecified atom stereocenters. The van der Waals surface area contributed by atoms with Crippen LogP contribution in [0.1, 0.15) is 22.3 Å². The van der Waals surface area contributed by atoms with E-state index in [1.54, 1.807) is 0 Å². The van der Waals surface area contributed by atoms with Crippen LogP contribution in [-0.4, -0.2) is 18.2 Å². The normalized spacial score (nSPS) is 17.0. The molecule has 6 rings (SSSR count). The fourth-order valence-corrected chi connectivity index (χ4v) is 9.77. The summed E-state index contributed by atoms with van der Waals surface area (Å²) >= 11 is -2.77. The molecule has 0 bridgehead atoms. The Bertz CT molecular complexity index is 1710. The molecule has 4 aromatic carbocycles. The van der Waals surface area contributed by atoms with Crippen molar-refractivity contribution in [1.82, 2.24) is 0 Å². The maximum atomic E-state index is 11.9. The first-order valence-corrected chi connectivity index (χ1v) is 16.8. The van der Waals surface area contributed by atoms with Crippen molar-refractivity contribution in [3.05, 3.63) is 185 Å². The zero-order chi connectivity index (χ0) is 28.9. The molecule has 0 saturated carbocycles. The molecule has 0 radical (unpaired) electrons. The van der Waals surface area contributed by atoms with Crippen molar-refractivity contribution < 1.29 is 32.3 Å². The van der Waals surface area contributed by atoms with Gasteiger partial charge in [0.1, 0.15) is 0 Å². The standard InChI is InChI=1S/C35H25ClO5Se/c37-36(38,39)41-42-34(30-17-9-3-10-18-30)24-27(25-35(42)31-19-11-4-12-20-31)21-26-22-32(28-13-5-1-6-14-28)40-33(23-26)29-15-7-2-8-16-29/h1-25H. The molecule has 1 atom stereocenters. The molecule has 2 heterocycles. The predicted octanol–water partition coefficient (Wildman–Crippen LogP) is 4.30. The van der Waals surface area contributed by atoms with Crippen LogP contribution in [0, 0.1) is 10.2 Å². The Balaban J connectivity index is 1.54. The summed E-state index contributed by atoms with van der Waals surface area (Å²) in [6, 6.07) is 38.7. The van der Waals surface area contributed by atoms with E-state index in [0.29, 0.717) is 20.4 Å². The molecule has 7 heteroatoms. The minimum absolute atomic E-state index is 0.683. The third kappa shape index (κ3) is 6.68. The van der Waals surface area contributed by atoms with Crippen molar-refractivity contribution in [3.8, 4) is 0 Å². The molecule has 4 aromatic rings. The van der Waals surface area contributed by atoms with E-state index in [1.165, 1.54) is 0 Å². The van der Waals surface area contributed by atoms with Crippen molar-refractivity contribution in [3.63, 3.8) is 0 Å². The summed E-state index contributed by atoms with van der Waals surface area (Å²) in [6.45, 7) is 0. The van der Waals surface area contributed by atoms with Gasteiger partial charge in [0.25, 0.3) is 0 Å². The van der Waals surface area contributed by atoms with Crippen LogP contribution in [-0.2, 0) is 8.11 Å². The Morgan fingerprint density at radius 2 is 1.00 bits per heavy atom. The molecule has 2 aliphatic rings. The SMILES string of the molecule is [O-][Cl+3]([O-])([O-])O[Se]1=C(c2ccccc2)C=C(C=C2C=C(c3ccccc3)OC(c3ccccc3)=C2)C=C1c1ccccc1. The second-order valence-electron chi connectivity index (χ2n) is 9.45. The van der Waals surface area contributed by atoms with E-state index in [9.17, 15) is 14.0 Å². The van der Waals surface area contributed by atoms with Crippen molar-refractivity contribution in [2.75, 3.05) is 0 Å². The summed E-state index contributed by atoms with van der Waals surface area (Å²) in [5.74, 6) is 1.43. The molecule has 0 amide bonds. The van der Waals surface area contributed by atoms with Gasteiger partial charge >= 0.3 is 252 Å². The molecule has 0 spiro atoms. The van der Waals surface area contributed by atoms with Crippen molar-refractivity contribution in [2.24, 2.45) is 0 Å². The Kier molecular flexibility index (Phi) is 8.29. The third-order valence-corrected chi connectivity index (χ3v) is 11.7. The molecule has 42 heavy (non-hydrogen) atoms. The van der Waals surface area contributed by atoms with Crippen molar-refractivity contribution in [1.29, 1.82) is 0 Å². The van der Waals surface area contributed by atoms with Gasteiger partial charge in [0.15, 0.2) is 0 Å². The average molecular weight is 640 g/mol. The van der Waals surface area contributed by atoms with Crippen LogP contribution in [0.2, 0.25) is 0 Å². The van der Waals surface area contributed by atoms with Gasteiger partial charge in [-0.05, 0) is 0 Å². The van der Waals surface area contributed by atoms with Gasteiger partial charge in [0, 0.05) is 0 Å². The summed E-state index contributed by atoms with van der Waals surface area (Å²) in [5.41, 5.74) is 5.22. The number of rotatable bonds is 7. The number of hydrogen-bond donors (Lipinski definition) is 0. The van der Waals surface area contributed by atoms with Gasteiger partial charge in [-0.25, -0.2) is 0 Å². The number of ether oxygens (including phenoxy) is 1. The predicted molar refractivity (Wildman–Crippen MR) is 158 cm³/mol. The Hall–Kier alpha value is -4.10. The Morgan fingerprint density at radius 3 is 1.48 bits per heavy atom. The first-order valence-electron chi connectivity index (χ1n) is 13.1. The van der Waals surface area contributed by atoms with Gasteiger partial charge in [0.05, 0.1) is 0 Å². The quantitative estimate of drug-likeness (QED) is 0.282. The van der Waals surface area contributed by atoms with E-state index in [2.05, 4.69) is 0 Å².